The largest absolute Gasteiger partial charge is 0.0856 e. The van der Waals surface area contributed by atoms with Crippen LogP contribution in [-0.2, 0) is 0 Å². The summed E-state index contributed by atoms with van der Waals surface area (Å²) >= 11 is 0. The van der Waals surface area contributed by atoms with Crippen LogP contribution in [0.3, 0.4) is 0 Å². The lowest BCUT2D eigenvalue weighted by Gasteiger charge is -1.99. The number of hydrogen-bond donors (Lipinski definition) is 0. The molecule has 0 aromatic heterocycles. The number of rotatable bonds is 4. The van der Waals surface area contributed by atoms with Gasteiger partial charge in [-0.2, -0.15) is 0 Å². The first-order valence-corrected chi connectivity index (χ1v) is 4.03. The fourth-order valence-corrected chi connectivity index (χ4v) is 1.03. The molecule has 0 aliphatic carbocycles. The third-order valence-corrected chi connectivity index (χ3v) is 1.52. The van der Waals surface area contributed by atoms with Gasteiger partial charge in [0.25, 0.3) is 0 Å². The molecule has 0 bridgehead atoms. The van der Waals surface area contributed by atoms with Gasteiger partial charge in [0.2, 0.25) is 0 Å². The van der Waals surface area contributed by atoms with Gasteiger partial charge < -0.3 is 0 Å². The highest BCUT2D eigenvalue weighted by Crippen LogP contribution is 2.08. The SMILES string of the molecule is C.CC/C=C(/CC)CCC. The van der Waals surface area contributed by atoms with Crippen molar-refractivity contribution in [2.75, 3.05) is 0 Å². The lowest BCUT2D eigenvalue weighted by Crippen LogP contribution is -1.78. The van der Waals surface area contributed by atoms with E-state index in [4.69, 9.17) is 0 Å². The van der Waals surface area contributed by atoms with Gasteiger partial charge in [-0.3, -0.25) is 0 Å². The second kappa shape index (κ2) is 8.74. The first kappa shape index (κ1) is 12.4. The minimum Gasteiger partial charge on any atom is -0.0856 e. The monoisotopic (exact) mass is 142 g/mol. The van der Waals surface area contributed by atoms with Crippen LogP contribution in [0.1, 0.15) is 53.9 Å². The van der Waals surface area contributed by atoms with Gasteiger partial charge in [-0.05, 0) is 19.3 Å². The lowest BCUT2D eigenvalue weighted by molar-refractivity contribution is 0.849. The Kier molecular flexibility index (Phi) is 10.9. The summed E-state index contributed by atoms with van der Waals surface area (Å²) < 4.78 is 0. The quantitative estimate of drug-likeness (QED) is 0.517. The molecule has 0 nitrogen and oxygen atoms in total. The predicted molar refractivity (Wildman–Crippen MR) is 50.3 cm³/mol. The molecule has 0 N–H and O–H groups in total. The first-order chi connectivity index (χ1) is 4.35. The van der Waals surface area contributed by atoms with E-state index < -0.39 is 0 Å². The topological polar surface area (TPSA) is 0 Å². The van der Waals surface area contributed by atoms with E-state index in [2.05, 4.69) is 26.8 Å². The summed E-state index contributed by atoms with van der Waals surface area (Å²) in [5.74, 6) is 0. The summed E-state index contributed by atoms with van der Waals surface area (Å²) in [6.07, 6.45) is 7.37. The van der Waals surface area contributed by atoms with Gasteiger partial charge in [-0.25, -0.2) is 0 Å². The molecule has 0 rings (SSSR count). The molecule has 0 saturated heterocycles. The summed E-state index contributed by atoms with van der Waals surface area (Å²) in [5.41, 5.74) is 1.63. The van der Waals surface area contributed by atoms with Gasteiger partial charge in [0.15, 0.2) is 0 Å². The standard InChI is InChI=1S/C9H18.CH4/c1-4-7-9(6-3)8-5-2;/h7H,4-6,8H2,1-3H3;1H4/b9-7-;. The van der Waals surface area contributed by atoms with E-state index in [-0.39, 0.29) is 7.43 Å². The van der Waals surface area contributed by atoms with Crippen molar-refractivity contribution in [1.29, 1.82) is 0 Å². The molecule has 0 saturated carbocycles. The molecule has 10 heavy (non-hydrogen) atoms. The Morgan fingerprint density at radius 2 is 1.80 bits per heavy atom. The fraction of sp³-hybridized carbons (Fsp3) is 0.800. The highest BCUT2D eigenvalue weighted by atomic mass is 13.9. The molecule has 0 atom stereocenters. The predicted octanol–water partition coefficient (Wildman–Crippen LogP) is 4.17. The van der Waals surface area contributed by atoms with Crippen molar-refractivity contribution in [3.8, 4) is 0 Å². The molecular weight excluding hydrogens is 120 g/mol. The van der Waals surface area contributed by atoms with Gasteiger partial charge in [0.1, 0.15) is 0 Å². The summed E-state index contributed by atoms with van der Waals surface area (Å²) in [5, 5.41) is 0. The van der Waals surface area contributed by atoms with E-state index in [0.717, 1.165) is 0 Å². The van der Waals surface area contributed by atoms with Crippen LogP contribution >= 0.6 is 0 Å². The van der Waals surface area contributed by atoms with Crippen molar-refractivity contribution >= 4 is 0 Å². The molecule has 0 amide bonds. The fourth-order valence-electron chi connectivity index (χ4n) is 1.03. The van der Waals surface area contributed by atoms with E-state index in [1.54, 1.807) is 5.57 Å². The molecule has 0 radical (unpaired) electrons. The van der Waals surface area contributed by atoms with E-state index in [0.29, 0.717) is 0 Å². The van der Waals surface area contributed by atoms with Crippen LogP contribution in [-0.4, -0.2) is 0 Å². The Bertz CT molecular complexity index is 80.0. The Balaban J connectivity index is 0. The highest BCUT2D eigenvalue weighted by Gasteiger charge is 1.88. The van der Waals surface area contributed by atoms with Crippen molar-refractivity contribution < 1.29 is 0 Å². The maximum Gasteiger partial charge on any atom is -0.0323 e. The Hall–Kier alpha value is -0.260. The molecule has 0 aromatic carbocycles. The molecule has 0 aromatic rings. The van der Waals surface area contributed by atoms with Crippen molar-refractivity contribution in [1.82, 2.24) is 0 Å². The zero-order valence-corrected chi connectivity index (χ0v) is 6.91. The average Bonchev–Trinajstić information content (AvgIpc) is 1.88. The van der Waals surface area contributed by atoms with Crippen LogP contribution in [0.4, 0.5) is 0 Å². The third-order valence-electron chi connectivity index (χ3n) is 1.52. The molecule has 0 aliphatic rings. The summed E-state index contributed by atoms with van der Waals surface area (Å²) in [7, 11) is 0. The molecular formula is C10H22. The van der Waals surface area contributed by atoms with E-state index in [9.17, 15) is 0 Å². The zero-order chi connectivity index (χ0) is 7.11. The van der Waals surface area contributed by atoms with Crippen LogP contribution in [0.2, 0.25) is 0 Å². The van der Waals surface area contributed by atoms with E-state index >= 15 is 0 Å². The summed E-state index contributed by atoms with van der Waals surface area (Å²) in [6.45, 7) is 6.67. The normalized spacial score (nSPS) is 10.9. The smallest absolute Gasteiger partial charge is 0.0323 e. The van der Waals surface area contributed by atoms with Crippen molar-refractivity contribution in [2.45, 2.75) is 53.9 Å². The average molecular weight is 142 g/mol. The van der Waals surface area contributed by atoms with Gasteiger partial charge in [-0.15, -0.1) is 0 Å². The molecule has 0 heterocycles. The Morgan fingerprint density at radius 3 is 2.10 bits per heavy atom. The lowest BCUT2D eigenvalue weighted by atomic mass is 10.1. The van der Waals surface area contributed by atoms with Crippen molar-refractivity contribution in [2.24, 2.45) is 0 Å². The molecule has 0 fully saturated rings. The third kappa shape index (κ3) is 5.87. The van der Waals surface area contributed by atoms with Gasteiger partial charge in [0.05, 0.1) is 0 Å². The maximum atomic E-state index is 2.35. The van der Waals surface area contributed by atoms with E-state index in [1.165, 1.54) is 25.7 Å². The number of allylic oxidation sites excluding steroid dienone is 2. The van der Waals surface area contributed by atoms with Gasteiger partial charge in [0, 0.05) is 0 Å². The molecule has 0 heteroatoms. The van der Waals surface area contributed by atoms with E-state index in [1.807, 2.05) is 0 Å². The molecule has 0 aliphatic heterocycles. The van der Waals surface area contributed by atoms with Crippen LogP contribution < -0.4 is 0 Å². The van der Waals surface area contributed by atoms with Gasteiger partial charge in [-0.1, -0.05) is 46.3 Å². The van der Waals surface area contributed by atoms with Crippen LogP contribution in [0, 0.1) is 0 Å². The summed E-state index contributed by atoms with van der Waals surface area (Å²) in [6, 6.07) is 0. The van der Waals surface area contributed by atoms with Crippen molar-refractivity contribution in [3.05, 3.63) is 11.6 Å². The van der Waals surface area contributed by atoms with Crippen LogP contribution in [0.5, 0.6) is 0 Å². The zero-order valence-electron chi connectivity index (χ0n) is 6.91. The summed E-state index contributed by atoms with van der Waals surface area (Å²) in [4.78, 5) is 0. The number of hydrogen-bond acceptors (Lipinski definition) is 0. The first-order valence-electron chi connectivity index (χ1n) is 4.03. The van der Waals surface area contributed by atoms with Crippen LogP contribution in [0.15, 0.2) is 11.6 Å². The maximum absolute atomic E-state index is 2.35. The Morgan fingerprint density at radius 1 is 1.20 bits per heavy atom. The molecule has 62 valence electrons. The molecule has 0 spiro atoms. The minimum atomic E-state index is 0. The highest BCUT2D eigenvalue weighted by molar-refractivity contribution is 4.99. The molecule has 0 unspecified atom stereocenters. The van der Waals surface area contributed by atoms with Gasteiger partial charge >= 0.3 is 0 Å². The second-order valence-electron chi connectivity index (χ2n) is 2.37. The van der Waals surface area contributed by atoms with Crippen LogP contribution in [0.25, 0.3) is 0 Å². The minimum absolute atomic E-state index is 0. The Labute approximate surface area is 66.3 Å². The van der Waals surface area contributed by atoms with Crippen molar-refractivity contribution in [3.63, 3.8) is 0 Å². The second-order valence-corrected chi connectivity index (χ2v) is 2.37.